The van der Waals surface area contributed by atoms with Crippen molar-refractivity contribution in [2.75, 3.05) is 20.2 Å². The highest BCUT2D eigenvalue weighted by Gasteiger charge is 2.24. The number of carbonyl (C=O) groups is 3. The molecule has 28 heavy (non-hydrogen) atoms. The van der Waals surface area contributed by atoms with E-state index in [1.807, 2.05) is 20.8 Å². The van der Waals surface area contributed by atoms with E-state index < -0.39 is 40.1 Å². The molecule has 2 N–H and O–H groups in total. The molecule has 2 amide bonds. The molecule has 0 radical (unpaired) electrons. The first-order chi connectivity index (χ1) is 12.8. The lowest BCUT2D eigenvalue weighted by atomic mass is 10.1. The van der Waals surface area contributed by atoms with Crippen LogP contribution >= 0.6 is 0 Å². The third-order valence-corrected chi connectivity index (χ3v) is 4.95. The largest absolute Gasteiger partial charge is 0.454 e. The van der Waals surface area contributed by atoms with Crippen molar-refractivity contribution in [1.29, 1.82) is 0 Å². The maximum absolute atomic E-state index is 12.2. The minimum atomic E-state index is -3.89. The minimum Gasteiger partial charge on any atom is -0.454 e. The van der Waals surface area contributed by atoms with Gasteiger partial charge in [0.1, 0.15) is 6.04 Å². The Labute approximate surface area is 165 Å². The van der Waals surface area contributed by atoms with Gasteiger partial charge >= 0.3 is 5.97 Å². The van der Waals surface area contributed by atoms with Crippen LogP contribution in [-0.2, 0) is 29.1 Å². The average Bonchev–Trinajstić information content (AvgIpc) is 2.57. The van der Waals surface area contributed by atoms with E-state index in [1.165, 1.54) is 26.1 Å². The van der Waals surface area contributed by atoms with Gasteiger partial charge in [0.05, 0.1) is 11.4 Å². The summed E-state index contributed by atoms with van der Waals surface area (Å²) in [5.74, 6) is -1.84. The molecule has 0 heterocycles. The van der Waals surface area contributed by atoms with Crippen molar-refractivity contribution in [3.63, 3.8) is 0 Å². The van der Waals surface area contributed by atoms with Crippen LogP contribution in [0.15, 0.2) is 35.2 Å². The van der Waals surface area contributed by atoms with Gasteiger partial charge < -0.3 is 15.0 Å². The van der Waals surface area contributed by atoms with E-state index in [0.29, 0.717) is 0 Å². The van der Waals surface area contributed by atoms with Gasteiger partial charge in [-0.15, -0.1) is 0 Å². The Bertz CT molecular complexity index is 802. The van der Waals surface area contributed by atoms with Crippen molar-refractivity contribution in [3.05, 3.63) is 30.3 Å². The van der Waals surface area contributed by atoms with E-state index in [4.69, 9.17) is 4.74 Å². The van der Waals surface area contributed by atoms with Gasteiger partial charge in [0.25, 0.3) is 5.91 Å². The summed E-state index contributed by atoms with van der Waals surface area (Å²) in [7, 11) is -2.49. The first-order valence-electron chi connectivity index (χ1n) is 8.61. The van der Waals surface area contributed by atoms with E-state index in [1.54, 1.807) is 18.2 Å². The summed E-state index contributed by atoms with van der Waals surface area (Å²) in [4.78, 5) is 36.9. The van der Waals surface area contributed by atoms with Crippen molar-refractivity contribution in [1.82, 2.24) is 14.9 Å². The van der Waals surface area contributed by atoms with Gasteiger partial charge in [-0.25, -0.2) is 8.42 Å². The molecule has 1 atom stereocenters. The lowest BCUT2D eigenvalue weighted by Crippen LogP contribution is -2.47. The molecule has 1 rings (SSSR count). The molecule has 156 valence electrons. The van der Waals surface area contributed by atoms with Gasteiger partial charge in [0.15, 0.2) is 6.61 Å². The summed E-state index contributed by atoms with van der Waals surface area (Å²) in [5, 5.41) is 2.71. The average molecular weight is 413 g/mol. The molecule has 0 aliphatic heterocycles. The van der Waals surface area contributed by atoms with E-state index >= 15 is 0 Å². The van der Waals surface area contributed by atoms with E-state index in [2.05, 4.69) is 10.0 Å². The fraction of sp³-hybridized carbons (Fsp3) is 0.500. The van der Waals surface area contributed by atoms with Crippen molar-refractivity contribution in [3.8, 4) is 0 Å². The summed E-state index contributed by atoms with van der Waals surface area (Å²) < 4.78 is 31.4. The molecule has 0 aliphatic carbocycles. The smallest absolute Gasteiger partial charge is 0.324 e. The van der Waals surface area contributed by atoms with Crippen LogP contribution in [0.4, 0.5) is 0 Å². The predicted molar refractivity (Wildman–Crippen MR) is 103 cm³/mol. The molecule has 0 aliphatic rings. The first kappa shape index (κ1) is 23.6. The van der Waals surface area contributed by atoms with E-state index in [-0.39, 0.29) is 17.3 Å². The molecule has 0 bridgehead atoms. The number of hydrogen-bond acceptors (Lipinski definition) is 6. The van der Waals surface area contributed by atoms with Gasteiger partial charge in [-0.1, -0.05) is 18.2 Å². The third kappa shape index (κ3) is 8.05. The fourth-order valence-corrected chi connectivity index (χ4v) is 3.29. The Balaban J connectivity index is 2.52. The SMILES string of the molecule is C[C@H](NS(=O)(=O)c1ccccc1)C(=O)OCC(=O)N(C)CC(=O)NC(C)(C)C. The Hall–Kier alpha value is -2.46. The standard InChI is InChI=1S/C18H27N3O6S/c1-13(20-28(25,26)14-9-7-6-8-10-14)17(24)27-12-16(23)21(5)11-15(22)19-18(2,3)4/h6-10,13,20H,11-12H2,1-5H3,(H,19,22)/t13-/m0/s1. The molecule has 9 nitrogen and oxygen atoms in total. The van der Waals surface area contributed by atoms with Crippen molar-refractivity contribution in [2.45, 2.75) is 44.2 Å². The second-order valence-electron chi connectivity index (χ2n) is 7.31. The Morgan fingerprint density at radius 2 is 1.71 bits per heavy atom. The maximum Gasteiger partial charge on any atom is 0.324 e. The van der Waals surface area contributed by atoms with Gasteiger partial charge in [-0.2, -0.15) is 4.72 Å². The second-order valence-corrected chi connectivity index (χ2v) is 9.03. The molecule has 0 fully saturated rings. The van der Waals surface area contributed by atoms with Crippen molar-refractivity contribution in [2.24, 2.45) is 0 Å². The zero-order valence-corrected chi connectivity index (χ0v) is 17.5. The molecule has 10 heteroatoms. The number of nitrogens with one attached hydrogen (secondary N) is 2. The monoisotopic (exact) mass is 413 g/mol. The number of amides is 2. The molecule has 0 unspecified atom stereocenters. The van der Waals surface area contributed by atoms with Gasteiger partial charge in [0.2, 0.25) is 15.9 Å². The minimum absolute atomic E-state index is 0.00956. The molecule has 0 spiro atoms. The number of sulfonamides is 1. The summed E-state index contributed by atoms with van der Waals surface area (Å²) in [6.45, 7) is 5.96. The summed E-state index contributed by atoms with van der Waals surface area (Å²) in [6.07, 6.45) is 0. The molecular formula is C18H27N3O6S. The first-order valence-corrected chi connectivity index (χ1v) is 10.1. The van der Waals surface area contributed by atoms with Crippen LogP contribution in [0.5, 0.6) is 0 Å². The van der Waals surface area contributed by atoms with Gasteiger partial charge in [-0.3, -0.25) is 14.4 Å². The number of rotatable bonds is 8. The Kier molecular flexibility index (Phi) is 8.13. The van der Waals surface area contributed by atoms with Crippen LogP contribution in [0.2, 0.25) is 0 Å². The second kappa shape index (κ2) is 9.65. The zero-order chi connectivity index (χ0) is 21.5. The molecule has 0 saturated heterocycles. The number of esters is 1. The van der Waals surface area contributed by atoms with Gasteiger partial charge in [-0.05, 0) is 39.8 Å². The van der Waals surface area contributed by atoms with Crippen LogP contribution in [0.1, 0.15) is 27.7 Å². The Morgan fingerprint density at radius 3 is 2.25 bits per heavy atom. The van der Waals surface area contributed by atoms with Gasteiger partial charge in [0, 0.05) is 12.6 Å². The van der Waals surface area contributed by atoms with Crippen molar-refractivity contribution >= 4 is 27.8 Å². The summed E-state index contributed by atoms with van der Waals surface area (Å²) >= 11 is 0. The topological polar surface area (TPSA) is 122 Å². The lowest BCUT2D eigenvalue weighted by molar-refractivity contribution is -0.153. The van der Waals surface area contributed by atoms with E-state index in [9.17, 15) is 22.8 Å². The summed E-state index contributed by atoms with van der Waals surface area (Å²) in [5.41, 5.74) is -0.432. The van der Waals surface area contributed by atoms with Crippen LogP contribution < -0.4 is 10.0 Å². The van der Waals surface area contributed by atoms with Crippen LogP contribution in [-0.4, -0.2) is 62.9 Å². The van der Waals surface area contributed by atoms with E-state index in [0.717, 1.165) is 4.90 Å². The normalized spacial score (nSPS) is 12.8. The van der Waals surface area contributed by atoms with Crippen LogP contribution in [0, 0.1) is 0 Å². The maximum atomic E-state index is 12.2. The fourth-order valence-electron chi connectivity index (χ4n) is 2.08. The lowest BCUT2D eigenvalue weighted by Gasteiger charge is -2.23. The van der Waals surface area contributed by atoms with Crippen LogP contribution in [0.3, 0.4) is 0 Å². The highest BCUT2D eigenvalue weighted by Crippen LogP contribution is 2.08. The Morgan fingerprint density at radius 1 is 1.14 bits per heavy atom. The number of likely N-dealkylation sites (N-methyl/N-ethyl adjacent to an activating group) is 1. The number of nitrogens with zero attached hydrogens (tertiary/aromatic N) is 1. The van der Waals surface area contributed by atoms with Crippen LogP contribution in [0.25, 0.3) is 0 Å². The molecule has 1 aromatic rings. The third-order valence-electron chi connectivity index (χ3n) is 3.40. The molecule has 0 saturated carbocycles. The highest BCUT2D eigenvalue weighted by atomic mass is 32.2. The number of hydrogen-bond donors (Lipinski definition) is 2. The predicted octanol–water partition coefficient (Wildman–Crippen LogP) is 0.270. The number of carbonyl (C=O) groups excluding carboxylic acids is 3. The van der Waals surface area contributed by atoms with Crippen molar-refractivity contribution < 1.29 is 27.5 Å². The molecule has 0 aromatic heterocycles. The zero-order valence-electron chi connectivity index (χ0n) is 16.7. The molecule has 1 aromatic carbocycles. The number of benzene rings is 1. The quantitative estimate of drug-likeness (QED) is 0.590. The summed E-state index contributed by atoms with van der Waals surface area (Å²) in [6, 6.07) is 6.38. The number of ether oxygens (including phenoxy) is 1. The highest BCUT2D eigenvalue weighted by molar-refractivity contribution is 7.89. The molecular weight excluding hydrogens is 386 g/mol.